The van der Waals surface area contributed by atoms with Crippen LogP contribution in [-0.2, 0) is 13.0 Å². The minimum Gasteiger partial charge on any atom is -0.296 e. The quantitative estimate of drug-likeness (QED) is 0.646. The van der Waals surface area contributed by atoms with E-state index < -0.39 is 0 Å². The molecule has 0 saturated heterocycles. The number of rotatable bonds is 5. The van der Waals surface area contributed by atoms with Crippen molar-refractivity contribution >= 4 is 39.8 Å². The maximum absolute atomic E-state index is 12.5. The zero-order valence-corrected chi connectivity index (χ0v) is 16.3. The molecule has 0 radical (unpaired) electrons. The Hall–Kier alpha value is -2.68. The number of amides is 1. The van der Waals surface area contributed by atoms with Crippen LogP contribution in [0, 0.1) is 0 Å². The highest BCUT2D eigenvalue weighted by molar-refractivity contribution is 7.15. The lowest BCUT2D eigenvalue weighted by Crippen LogP contribution is -2.34. The molecule has 0 bridgehead atoms. The van der Waals surface area contributed by atoms with Crippen molar-refractivity contribution in [3.63, 3.8) is 0 Å². The van der Waals surface area contributed by atoms with Crippen molar-refractivity contribution in [2.75, 3.05) is 18.4 Å². The predicted molar refractivity (Wildman–Crippen MR) is 107 cm³/mol. The number of nitrogens with zero attached hydrogens (tertiary/aromatic N) is 4. The predicted octanol–water partition coefficient (Wildman–Crippen LogP) is 3.08. The summed E-state index contributed by atoms with van der Waals surface area (Å²) in [6.07, 6.45) is 5.13. The molecule has 0 unspecified atom stereocenters. The van der Waals surface area contributed by atoms with Crippen molar-refractivity contribution in [2.45, 2.75) is 13.0 Å². The third-order valence-corrected chi connectivity index (χ3v) is 5.61. The van der Waals surface area contributed by atoms with Crippen LogP contribution in [0.5, 0.6) is 0 Å². The zero-order valence-electron chi connectivity index (χ0n) is 14.8. The lowest BCUT2D eigenvalue weighted by atomic mass is 10.1. The zero-order chi connectivity index (χ0) is 19.5. The molecule has 2 aromatic heterocycles. The Balaban J connectivity index is 1.39. The molecule has 1 N–H and O–H groups in total. The molecule has 1 aliphatic heterocycles. The number of ketones is 1. The topological polar surface area (TPSA) is 88.1 Å². The summed E-state index contributed by atoms with van der Waals surface area (Å²) in [4.78, 5) is 40.2. The fraction of sp³-hybridized carbons (Fsp3) is 0.211. The number of halogens is 1. The van der Waals surface area contributed by atoms with Gasteiger partial charge in [-0.15, -0.1) is 11.3 Å². The van der Waals surface area contributed by atoms with Gasteiger partial charge < -0.3 is 0 Å². The molecule has 4 rings (SSSR count). The van der Waals surface area contributed by atoms with Gasteiger partial charge in [-0.05, 0) is 24.3 Å². The van der Waals surface area contributed by atoms with Crippen molar-refractivity contribution in [3.05, 3.63) is 69.7 Å². The smallest absolute Gasteiger partial charge is 0.277 e. The summed E-state index contributed by atoms with van der Waals surface area (Å²) in [5.41, 5.74) is 1.86. The van der Waals surface area contributed by atoms with E-state index in [-0.39, 0.29) is 17.4 Å². The SMILES string of the molecule is O=C(CN1CCc2nc(NC(=O)c3cnccn3)sc2C1)c1ccc(Cl)cc1. The van der Waals surface area contributed by atoms with Gasteiger partial charge in [0, 0.05) is 47.4 Å². The first-order chi connectivity index (χ1) is 13.6. The van der Waals surface area contributed by atoms with Crippen LogP contribution in [0.1, 0.15) is 31.4 Å². The van der Waals surface area contributed by atoms with Crippen LogP contribution in [0.4, 0.5) is 5.13 Å². The van der Waals surface area contributed by atoms with Gasteiger partial charge in [0.25, 0.3) is 5.91 Å². The Bertz CT molecular complexity index is 1010. The summed E-state index contributed by atoms with van der Waals surface area (Å²) in [6, 6.07) is 6.93. The number of Topliss-reactive ketones (excluding diaryl/α,β-unsaturated/α-hetero) is 1. The third kappa shape index (κ3) is 4.24. The van der Waals surface area contributed by atoms with Gasteiger partial charge in [-0.25, -0.2) is 9.97 Å². The summed E-state index contributed by atoms with van der Waals surface area (Å²) in [6.45, 7) is 1.71. The van der Waals surface area contributed by atoms with E-state index in [1.54, 1.807) is 24.3 Å². The molecule has 1 aromatic carbocycles. The second kappa shape index (κ2) is 8.14. The molecule has 142 valence electrons. The van der Waals surface area contributed by atoms with Crippen LogP contribution in [0.15, 0.2) is 42.9 Å². The first kappa shape index (κ1) is 18.7. The standard InChI is InChI=1S/C19H16ClN5O2S/c20-13-3-1-12(2-4-13)16(26)10-25-8-5-14-17(11-25)28-19(23-14)24-18(27)15-9-21-6-7-22-15/h1-4,6-7,9H,5,8,10-11H2,(H,23,24,27). The molecule has 1 aliphatic rings. The molecule has 28 heavy (non-hydrogen) atoms. The van der Waals surface area contributed by atoms with E-state index in [0.717, 1.165) is 23.5 Å². The van der Waals surface area contributed by atoms with Crippen molar-refractivity contribution in [3.8, 4) is 0 Å². The molecule has 0 aliphatic carbocycles. The fourth-order valence-corrected chi connectivity index (χ4v) is 4.12. The monoisotopic (exact) mass is 413 g/mol. The number of anilines is 1. The molecular weight excluding hydrogens is 398 g/mol. The molecule has 3 heterocycles. The number of benzene rings is 1. The summed E-state index contributed by atoms with van der Waals surface area (Å²) in [7, 11) is 0. The van der Waals surface area contributed by atoms with Crippen molar-refractivity contribution in [2.24, 2.45) is 0 Å². The van der Waals surface area contributed by atoms with Crippen molar-refractivity contribution in [1.29, 1.82) is 0 Å². The highest BCUT2D eigenvalue weighted by Crippen LogP contribution is 2.28. The first-order valence-corrected chi connectivity index (χ1v) is 9.85. The number of thiazole rings is 1. The number of hydrogen-bond donors (Lipinski definition) is 1. The molecular formula is C19H16ClN5O2S. The van der Waals surface area contributed by atoms with Gasteiger partial charge in [0.05, 0.1) is 18.4 Å². The van der Waals surface area contributed by atoms with Gasteiger partial charge in [0.1, 0.15) is 5.69 Å². The lowest BCUT2D eigenvalue weighted by molar-refractivity contribution is 0.0921. The van der Waals surface area contributed by atoms with E-state index in [0.29, 0.717) is 28.8 Å². The van der Waals surface area contributed by atoms with Crippen LogP contribution in [0.2, 0.25) is 5.02 Å². The Morgan fingerprint density at radius 1 is 1.21 bits per heavy atom. The van der Waals surface area contributed by atoms with Crippen molar-refractivity contribution in [1.82, 2.24) is 19.9 Å². The Morgan fingerprint density at radius 3 is 2.79 bits per heavy atom. The number of carbonyl (C=O) groups excluding carboxylic acids is 2. The van der Waals surface area contributed by atoms with E-state index in [1.165, 1.54) is 29.9 Å². The molecule has 3 aromatic rings. The van der Waals surface area contributed by atoms with Gasteiger partial charge in [-0.2, -0.15) is 0 Å². The minimum absolute atomic E-state index is 0.0563. The van der Waals surface area contributed by atoms with Crippen LogP contribution in [-0.4, -0.2) is 44.6 Å². The highest BCUT2D eigenvalue weighted by Gasteiger charge is 2.23. The average Bonchev–Trinajstić information content (AvgIpc) is 3.10. The second-order valence-electron chi connectivity index (χ2n) is 6.32. The van der Waals surface area contributed by atoms with E-state index >= 15 is 0 Å². The van der Waals surface area contributed by atoms with E-state index in [4.69, 9.17) is 11.6 Å². The molecule has 0 atom stereocenters. The van der Waals surface area contributed by atoms with Crippen LogP contribution in [0.3, 0.4) is 0 Å². The van der Waals surface area contributed by atoms with Crippen molar-refractivity contribution < 1.29 is 9.59 Å². The normalized spacial score (nSPS) is 13.8. The van der Waals surface area contributed by atoms with Gasteiger partial charge >= 0.3 is 0 Å². The molecule has 0 saturated carbocycles. The largest absolute Gasteiger partial charge is 0.296 e. The average molecular weight is 414 g/mol. The van der Waals surface area contributed by atoms with Gasteiger partial charge in [0.15, 0.2) is 10.9 Å². The molecule has 9 heteroatoms. The maximum Gasteiger partial charge on any atom is 0.277 e. The molecule has 7 nitrogen and oxygen atoms in total. The van der Waals surface area contributed by atoms with Gasteiger partial charge in [-0.1, -0.05) is 11.6 Å². The second-order valence-corrected chi connectivity index (χ2v) is 7.84. The minimum atomic E-state index is -0.339. The number of aromatic nitrogens is 3. The summed E-state index contributed by atoms with van der Waals surface area (Å²) in [5, 5.41) is 3.92. The van der Waals surface area contributed by atoms with Crippen LogP contribution >= 0.6 is 22.9 Å². The Labute approximate surface area is 170 Å². The van der Waals surface area contributed by atoms with Crippen LogP contribution in [0.25, 0.3) is 0 Å². The number of hydrogen-bond acceptors (Lipinski definition) is 7. The highest BCUT2D eigenvalue weighted by atomic mass is 35.5. The van der Waals surface area contributed by atoms with Crippen LogP contribution < -0.4 is 5.32 Å². The fourth-order valence-electron chi connectivity index (χ4n) is 2.94. The van der Waals surface area contributed by atoms with E-state index in [9.17, 15) is 9.59 Å². The van der Waals surface area contributed by atoms with E-state index in [2.05, 4.69) is 25.2 Å². The maximum atomic E-state index is 12.5. The Kier molecular flexibility index (Phi) is 5.43. The first-order valence-electron chi connectivity index (χ1n) is 8.65. The molecule has 0 spiro atoms. The van der Waals surface area contributed by atoms with Gasteiger partial charge in [0.2, 0.25) is 0 Å². The Morgan fingerprint density at radius 2 is 2.04 bits per heavy atom. The number of carbonyl (C=O) groups is 2. The van der Waals surface area contributed by atoms with E-state index in [1.807, 2.05) is 0 Å². The molecule has 1 amide bonds. The number of fused-ring (bicyclic) bond motifs is 1. The summed E-state index contributed by atoms with van der Waals surface area (Å²) >= 11 is 7.30. The summed E-state index contributed by atoms with van der Waals surface area (Å²) in [5.74, 6) is -0.283. The molecule has 0 fully saturated rings. The lowest BCUT2D eigenvalue weighted by Gasteiger charge is -2.25. The number of nitrogens with one attached hydrogen (secondary N) is 1. The summed E-state index contributed by atoms with van der Waals surface area (Å²) < 4.78 is 0. The third-order valence-electron chi connectivity index (χ3n) is 4.36. The van der Waals surface area contributed by atoms with Gasteiger partial charge in [-0.3, -0.25) is 24.8 Å².